The first kappa shape index (κ1) is 22.6. The van der Waals surface area contributed by atoms with Gasteiger partial charge in [-0.25, -0.2) is 12.7 Å². The molecule has 0 aromatic heterocycles. The second-order valence-corrected chi connectivity index (χ2v) is 10.4. The van der Waals surface area contributed by atoms with Crippen LogP contribution < -0.4 is 4.31 Å². The summed E-state index contributed by atoms with van der Waals surface area (Å²) in [5.41, 5.74) is -0.825. The number of amides is 2. The van der Waals surface area contributed by atoms with E-state index in [4.69, 9.17) is 16.3 Å². The molecule has 0 unspecified atom stereocenters. The predicted octanol–water partition coefficient (Wildman–Crippen LogP) is 2.46. The minimum Gasteiger partial charge on any atom is -0.466 e. The van der Waals surface area contributed by atoms with Gasteiger partial charge in [-0.15, -0.1) is 0 Å². The number of carbonyl (C=O) groups excluding carboxylic acids is 3. The van der Waals surface area contributed by atoms with Crippen LogP contribution in [0.15, 0.2) is 18.2 Å². The zero-order valence-electron chi connectivity index (χ0n) is 17.2. The van der Waals surface area contributed by atoms with Gasteiger partial charge in [-0.3, -0.25) is 14.4 Å². The molecule has 3 rings (SSSR count). The molecule has 2 amide bonds. The van der Waals surface area contributed by atoms with Crippen molar-refractivity contribution >= 4 is 45.1 Å². The SMILES string of the molecule is CCOC(=O)C1CCN(C(=O)c2cc(N3C(=O)C(C)(C)CS3(=O)=O)ccc2Cl)CC1. The highest BCUT2D eigenvalue weighted by Gasteiger charge is 2.50. The van der Waals surface area contributed by atoms with Crippen molar-refractivity contribution in [3.8, 4) is 0 Å². The molecule has 2 aliphatic heterocycles. The fourth-order valence-electron chi connectivity index (χ4n) is 3.81. The van der Waals surface area contributed by atoms with Gasteiger partial charge in [0.25, 0.3) is 5.91 Å². The molecule has 0 spiro atoms. The van der Waals surface area contributed by atoms with Crippen molar-refractivity contribution in [1.29, 1.82) is 0 Å². The summed E-state index contributed by atoms with van der Waals surface area (Å²) < 4.78 is 30.9. The van der Waals surface area contributed by atoms with Crippen LogP contribution in [0.2, 0.25) is 5.02 Å². The smallest absolute Gasteiger partial charge is 0.309 e. The van der Waals surface area contributed by atoms with E-state index in [1.807, 2.05) is 0 Å². The number of benzene rings is 1. The summed E-state index contributed by atoms with van der Waals surface area (Å²) in [5.74, 6) is -1.71. The van der Waals surface area contributed by atoms with E-state index in [-0.39, 0.29) is 39.8 Å². The van der Waals surface area contributed by atoms with Crippen molar-refractivity contribution in [3.05, 3.63) is 28.8 Å². The van der Waals surface area contributed by atoms with Crippen LogP contribution in [-0.2, 0) is 24.3 Å². The minimum absolute atomic E-state index is 0.0970. The van der Waals surface area contributed by atoms with E-state index in [1.165, 1.54) is 18.2 Å². The van der Waals surface area contributed by atoms with E-state index in [0.717, 1.165) is 4.31 Å². The minimum atomic E-state index is -3.84. The second kappa shape index (κ2) is 8.19. The standard InChI is InChI=1S/C20H25ClN2O6S/c1-4-29-18(25)13-7-9-22(10-8-13)17(24)15-11-14(5-6-16(15)21)23-19(26)20(2,3)12-30(23,27)28/h5-6,11,13H,4,7-10,12H2,1-3H3. The van der Waals surface area contributed by atoms with Gasteiger partial charge in [0, 0.05) is 13.1 Å². The van der Waals surface area contributed by atoms with Crippen LogP contribution in [0.5, 0.6) is 0 Å². The highest BCUT2D eigenvalue weighted by atomic mass is 35.5. The van der Waals surface area contributed by atoms with Gasteiger partial charge in [0.1, 0.15) is 0 Å². The molecule has 30 heavy (non-hydrogen) atoms. The number of anilines is 1. The van der Waals surface area contributed by atoms with Crippen molar-refractivity contribution in [2.45, 2.75) is 33.6 Å². The number of esters is 1. The number of ether oxygens (including phenoxy) is 1. The largest absolute Gasteiger partial charge is 0.466 e. The number of sulfonamides is 1. The van der Waals surface area contributed by atoms with Crippen molar-refractivity contribution < 1.29 is 27.5 Å². The lowest BCUT2D eigenvalue weighted by atomic mass is 9.95. The molecule has 2 fully saturated rings. The highest BCUT2D eigenvalue weighted by Crippen LogP contribution is 2.37. The van der Waals surface area contributed by atoms with Crippen molar-refractivity contribution in [3.63, 3.8) is 0 Å². The lowest BCUT2D eigenvalue weighted by Crippen LogP contribution is -2.41. The third-order valence-electron chi connectivity index (χ3n) is 5.40. The molecular formula is C20H25ClN2O6S. The van der Waals surface area contributed by atoms with E-state index in [0.29, 0.717) is 32.5 Å². The van der Waals surface area contributed by atoms with Gasteiger partial charge in [-0.05, 0) is 51.8 Å². The van der Waals surface area contributed by atoms with Gasteiger partial charge >= 0.3 is 5.97 Å². The maximum Gasteiger partial charge on any atom is 0.309 e. The van der Waals surface area contributed by atoms with Gasteiger partial charge < -0.3 is 9.64 Å². The van der Waals surface area contributed by atoms with Crippen LogP contribution in [0.1, 0.15) is 44.0 Å². The summed E-state index contributed by atoms with van der Waals surface area (Å²) in [4.78, 5) is 39.1. The first-order valence-corrected chi connectivity index (χ1v) is 11.8. The molecule has 2 aliphatic rings. The quantitative estimate of drug-likeness (QED) is 0.645. The van der Waals surface area contributed by atoms with Gasteiger partial charge in [0.05, 0.1) is 40.0 Å². The van der Waals surface area contributed by atoms with Crippen molar-refractivity contribution in [1.82, 2.24) is 4.90 Å². The zero-order valence-corrected chi connectivity index (χ0v) is 18.8. The first-order chi connectivity index (χ1) is 14.0. The lowest BCUT2D eigenvalue weighted by molar-refractivity contribution is -0.149. The number of rotatable bonds is 4. The molecule has 2 heterocycles. The topological polar surface area (TPSA) is 101 Å². The summed E-state index contributed by atoms with van der Waals surface area (Å²) in [6.07, 6.45) is 0.962. The average Bonchev–Trinajstić information content (AvgIpc) is 2.84. The normalized spacial score (nSPS) is 21.0. The Balaban J connectivity index is 1.82. The third kappa shape index (κ3) is 4.18. The molecule has 1 aromatic carbocycles. The summed E-state index contributed by atoms with van der Waals surface area (Å²) in [7, 11) is -3.84. The molecule has 2 saturated heterocycles. The molecule has 10 heteroatoms. The van der Waals surface area contributed by atoms with Crippen LogP contribution in [0.4, 0.5) is 5.69 Å². The van der Waals surface area contributed by atoms with E-state index in [1.54, 1.807) is 25.7 Å². The number of nitrogens with zero attached hydrogens (tertiary/aromatic N) is 2. The number of hydrogen-bond donors (Lipinski definition) is 0. The molecule has 164 valence electrons. The number of carbonyl (C=O) groups is 3. The van der Waals surface area contributed by atoms with Gasteiger partial charge in [-0.1, -0.05) is 11.6 Å². The van der Waals surface area contributed by atoms with Gasteiger partial charge in [-0.2, -0.15) is 0 Å². The van der Waals surface area contributed by atoms with E-state index in [2.05, 4.69) is 0 Å². The number of piperidine rings is 1. The highest BCUT2D eigenvalue weighted by molar-refractivity contribution is 7.94. The molecule has 0 saturated carbocycles. The Morgan fingerprint density at radius 2 is 1.87 bits per heavy atom. The average molecular weight is 457 g/mol. The Morgan fingerprint density at radius 1 is 1.23 bits per heavy atom. The first-order valence-electron chi connectivity index (χ1n) is 9.81. The maximum absolute atomic E-state index is 13.0. The molecule has 0 radical (unpaired) electrons. The van der Waals surface area contributed by atoms with Crippen LogP contribution in [0.25, 0.3) is 0 Å². The summed E-state index contributed by atoms with van der Waals surface area (Å²) in [6, 6.07) is 4.19. The summed E-state index contributed by atoms with van der Waals surface area (Å²) in [6.45, 7) is 5.92. The van der Waals surface area contributed by atoms with E-state index >= 15 is 0 Å². The van der Waals surface area contributed by atoms with Crippen LogP contribution in [0.3, 0.4) is 0 Å². The van der Waals surface area contributed by atoms with Crippen molar-refractivity contribution in [2.24, 2.45) is 11.3 Å². The molecule has 0 aliphatic carbocycles. The molecule has 0 bridgehead atoms. The fourth-order valence-corrected chi connectivity index (χ4v) is 6.11. The van der Waals surface area contributed by atoms with Crippen molar-refractivity contribution in [2.75, 3.05) is 29.8 Å². The van der Waals surface area contributed by atoms with Crippen LogP contribution >= 0.6 is 11.6 Å². The number of halogens is 1. The maximum atomic E-state index is 13.0. The lowest BCUT2D eigenvalue weighted by Gasteiger charge is -2.31. The Bertz CT molecular complexity index is 983. The van der Waals surface area contributed by atoms with Crippen LogP contribution in [-0.4, -0.2) is 56.6 Å². The number of likely N-dealkylation sites (tertiary alicyclic amines) is 1. The summed E-state index contributed by atoms with van der Waals surface area (Å²) >= 11 is 6.23. The monoisotopic (exact) mass is 456 g/mol. The van der Waals surface area contributed by atoms with Gasteiger partial charge in [0.15, 0.2) is 0 Å². The van der Waals surface area contributed by atoms with E-state index < -0.39 is 21.3 Å². The predicted molar refractivity (Wildman–Crippen MR) is 112 cm³/mol. The zero-order chi connectivity index (χ0) is 22.3. The molecule has 0 atom stereocenters. The Hall–Kier alpha value is -2.13. The van der Waals surface area contributed by atoms with Gasteiger partial charge in [0.2, 0.25) is 15.9 Å². The molecule has 8 nitrogen and oxygen atoms in total. The molecule has 1 aromatic rings. The summed E-state index contributed by atoms with van der Waals surface area (Å²) in [5, 5.41) is 0.166. The van der Waals surface area contributed by atoms with Crippen LogP contribution in [0, 0.1) is 11.3 Å². The van der Waals surface area contributed by atoms with E-state index in [9.17, 15) is 22.8 Å². The Labute approximate surface area is 181 Å². The second-order valence-electron chi connectivity index (χ2n) is 8.19. The molecular weight excluding hydrogens is 432 g/mol. The Kier molecular flexibility index (Phi) is 6.15. The Morgan fingerprint density at radius 3 is 2.40 bits per heavy atom. The third-order valence-corrected chi connectivity index (χ3v) is 7.75. The molecule has 0 N–H and O–H groups in total. The number of hydrogen-bond acceptors (Lipinski definition) is 6. The fraction of sp³-hybridized carbons (Fsp3) is 0.550.